The lowest BCUT2D eigenvalue weighted by atomic mass is 9.94. The molecule has 1 aliphatic carbocycles. The van der Waals surface area contributed by atoms with Crippen LogP contribution in [-0.4, -0.2) is 31.0 Å². The second-order valence-corrected chi connectivity index (χ2v) is 8.66. The highest BCUT2D eigenvalue weighted by Gasteiger charge is 2.47. The monoisotopic (exact) mass is 262 g/mol. The molecule has 0 spiro atoms. The molecule has 0 aromatic rings. The Morgan fingerprint density at radius 3 is 2.18 bits per heavy atom. The molecule has 0 atom stereocenters. The fourth-order valence-electron chi connectivity index (χ4n) is 1.87. The first kappa shape index (κ1) is 14.5. The average molecular weight is 262 g/mol. The first-order valence-electron chi connectivity index (χ1n) is 5.96. The van der Waals surface area contributed by atoms with Gasteiger partial charge < -0.3 is 5.11 Å². The maximum absolute atomic E-state index is 11.9. The summed E-state index contributed by atoms with van der Waals surface area (Å²) in [5.41, 5.74) is -0.459. The standard InChI is InChI=1S/C12H22O4S/c1-11(2,3)6-7-17(15,16)9-12(4-5-12)8-10(13)14/h4-9H2,1-3H3,(H,13,14). The number of rotatable bonds is 6. The zero-order valence-electron chi connectivity index (χ0n) is 10.8. The maximum Gasteiger partial charge on any atom is 0.303 e. The predicted octanol–water partition coefficient (Wildman–Crippen LogP) is 2.09. The van der Waals surface area contributed by atoms with Crippen LogP contribution in [0.3, 0.4) is 0 Å². The van der Waals surface area contributed by atoms with Crippen LogP contribution >= 0.6 is 0 Å². The smallest absolute Gasteiger partial charge is 0.303 e. The van der Waals surface area contributed by atoms with Gasteiger partial charge in [0.2, 0.25) is 0 Å². The first-order valence-corrected chi connectivity index (χ1v) is 7.78. The second kappa shape index (κ2) is 4.59. The molecule has 0 unspecified atom stereocenters. The van der Waals surface area contributed by atoms with E-state index in [4.69, 9.17) is 5.11 Å². The maximum atomic E-state index is 11.9. The molecule has 1 N–H and O–H groups in total. The molecule has 0 heterocycles. The van der Waals surface area contributed by atoms with E-state index in [0.717, 1.165) is 12.8 Å². The van der Waals surface area contributed by atoms with E-state index in [0.29, 0.717) is 6.42 Å². The fraction of sp³-hybridized carbons (Fsp3) is 0.917. The van der Waals surface area contributed by atoms with E-state index >= 15 is 0 Å². The summed E-state index contributed by atoms with van der Waals surface area (Å²) < 4.78 is 23.8. The van der Waals surface area contributed by atoms with Crippen LogP contribution in [0.15, 0.2) is 0 Å². The number of hydrogen-bond acceptors (Lipinski definition) is 3. The minimum absolute atomic E-state index is 0.00339. The first-order chi connectivity index (χ1) is 7.54. The van der Waals surface area contributed by atoms with Gasteiger partial charge in [-0.15, -0.1) is 0 Å². The Morgan fingerprint density at radius 2 is 1.82 bits per heavy atom. The topological polar surface area (TPSA) is 71.4 Å². The van der Waals surface area contributed by atoms with Gasteiger partial charge in [0.25, 0.3) is 0 Å². The zero-order valence-corrected chi connectivity index (χ0v) is 11.6. The molecule has 0 radical (unpaired) electrons. The summed E-state index contributed by atoms with van der Waals surface area (Å²) in [4.78, 5) is 10.7. The molecular formula is C12H22O4S. The quantitative estimate of drug-likeness (QED) is 0.795. The highest BCUT2D eigenvalue weighted by atomic mass is 32.2. The van der Waals surface area contributed by atoms with Crippen LogP contribution in [0.5, 0.6) is 0 Å². The second-order valence-electron chi connectivity index (χ2n) is 6.47. The van der Waals surface area contributed by atoms with Crippen LogP contribution in [-0.2, 0) is 14.6 Å². The van der Waals surface area contributed by atoms with Crippen LogP contribution in [0.1, 0.15) is 46.5 Å². The Bertz CT molecular complexity index is 385. The van der Waals surface area contributed by atoms with E-state index in [9.17, 15) is 13.2 Å². The molecular weight excluding hydrogens is 240 g/mol. The summed E-state index contributed by atoms with van der Waals surface area (Å²) in [5.74, 6) is -0.686. The van der Waals surface area contributed by atoms with Gasteiger partial charge in [0.05, 0.1) is 17.9 Å². The van der Waals surface area contributed by atoms with Gasteiger partial charge in [0.15, 0.2) is 9.84 Å². The molecule has 0 saturated heterocycles. The number of aliphatic carboxylic acids is 1. The molecule has 5 heteroatoms. The van der Waals surface area contributed by atoms with Crippen molar-refractivity contribution in [2.24, 2.45) is 10.8 Å². The lowest BCUT2D eigenvalue weighted by molar-refractivity contribution is -0.138. The van der Waals surface area contributed by atoms with Crippen LogP contribution in [0, 0.1) is 10.8 Å². The van der Waals surface area contributed by atoms with E-state index in [1.165, 1.54) is 0 Å². The predicted molar refractivity (Wildman–Crippen MR) is 66.6 cm³/mol. The van der Waals surface area contributed by atoms with Crippen LogP contribution in [0.4, 0.5) is 0 Å². The largest absolute Gasteiger partial charge is 0.481 e. The van der Waals surface area contributed by atoms with Crippen molar-refractivity contribution in [1.82, 2.24) is 0 Å². The molecule has 1 rings (SSSR count). The lowest BCUT2D eigenvalue weighted by Gasteiger charge is -2.19. The molecule has 100 valence electrons. The van der Waals surface area contributed by atoms with Gasteiger partial charge in [-0.1, -0.05) is 20.8 Å². The van der Waals surface area contributed by atoms with Crippen molar-refractivity contribution >= 4 is 15.8 Å². The van der Waals surface area contributed by atoms with E-state index < -0.39 is 21.2 Å². The third-order valence-corrected chi connectivity index (χ3v) is 5.05. The molecule has 17 heavy (non-hydrogen) atoms. The van der Waals surface area contributed by atoms with Crippen molar-refractivity contribution < 1.29 is 18.3 Å². The molecule has 0 amide bonds. The number of carbonyl (C=O) groups is 1. The van der Waals surface area contributed by atoms with Crippen molar-refractivity contribution in [3.8, 4) is 0 Å². The van der Waals surface area contributed by atoms with Crippen molar-refractivity contribution in [2.45, 2.75) is 46.5 Å². The third-order valence-electron chi connectivity index (χ3n) is 3.17. The average Bonchev–Trinajstić information content (AvgIpc) is 2.78. The van der Waals surface area contributed by atoms with Gasteiger partial charge in [-0.25, -0.2) is 8.42 Å². The van der Waals surface area contributed by atoms with Gasteiger partial charge >= 0.3 is 5.97 Å². The Kier molecular flexibility index (Phi) is 3.91. The zero-order chi connectivity index (χ0) is 13.3. The SMILES string of the molecule is CC(C)(C)CCS(=O)(=O)CC1(CC(=O)O)CC1. The lowest BCUT2D eigenvalue weighted by Crippen LogP contribution is -2.24. The fourth-order valence-corrected chi connectivity index (χ4v) is 4.26. The van der Waals surface area contributed by atoms with Crippen molar-refractivity contribution in [1.29, 1.82) is 0 Å². The highest BCUT2D eigenvalue weighted by Crippen LogP contribution is 2.50. The molecule has 1 aliphatic rings. The molecule has 1 saturated carbocycles. The number of sulfone groups is 1. The number of carboxylic acids is 1. The van der Waals surface area contributed by atoms with Crippen molar-refractivity contribution in [3.05, 3.63) is 0 Å². The Hall–Kier alpha value is -0.580. The van der Waals surface area contributed by atoms with E-state index in [-0.39, 0.29) is 23.3 Å². The van der Waals surface area contributed by atoms with E-state index in [2.05, 4.69) is 0 Å². The molecule has 0 aromatic heterocycles. The van der Waals surface area contributed by atoms with E-state index in [1.54, 1.807) is 0 Å². The minimum atomic E-state index is -3.12. The van der Waals surface area contributed by atoms with Crippen LogP contribution in [0.2, 0.25) is 0 Å². The summed E-state index contributed by atoms with van der Waals surface area (Å²) in [6, 6.07) is 0. The Morgan fingerprint density at radius 1 is 1.29 bits per heavy atom. The van der Waals surface area contributed by atoms with Gasteiger partial charge in [-0.05, 0) is 30.1 Å². The highest BCUT2D eigenvalue weighted by molar-refractivity contribution is 7.91. The van der Waals surface area contributed by atoms with Crippen LogP contribution < -0.4 is 0 Å². The number of carboxylic acid groups (broad SMARTS) is 1. The molecule has 4 nitrogen and oxygen atoms in total. The molecule has 0 bridgehead atoms. The summed E-state index contributed by atoms with van der Waals surface area (Å²) in [5, 5.41) is 8.75. The van der Waals surface area contributed by atoms with Gasteiger partial charge in [-0.3, -0.25) is 4.79 Å². The molecule has 1 fully saturated rings. The summed E-state index contributed by atoms with van der Waals surface area (Å²) >= 11 is 0. The summed E-state index contributed by atoms with van der Waals surface area (Å²) in [6.45, 7) is 6.02. The molecule has 0 aromatic carbocycles. The van der Waals surface area contributed by atoms with E-state index in [1.807, 2.05) is 20.8 Å². The van der Waals surface area contributed by atoms with Gasteiger partial charge in [0.1, 0.15) is 0 Å². The normalized spacial score (nSPS) is 19.0. The Balaban J connectivity index is 2.53. The third kappa shape index (κ3) is 5.52. The Labute approximate surface area is 103 Å². The molecule has 0 aliphatic heterocycles. The van der Waals surface area contributed by atoms with Crippen molar-refractivity contribution in [3.63, 3.8) is 0 Å². The number of hydrogen-bond donors (Lipinski definition) is 1. The van der Waals surface area contributed by atoms with Gasteiger partial charge in [0, 0.05) is 0 Å². The summed E-state index contributed by atoms with van der Waals surface area (Å²) in [6.07, 6.45) is 2.07. The van der Waals surface area contributed by atoms with Crippen LogP contribution in [0.25, 0.3) is 0 Å². The van der Waals surface area contributed by atoms with Gasteiger partial charge in [-0.2, -0.15) is 0 Å². The summed E-state index contributed by atoms with van der Waals surface area (Å²) in [7, 11) is -3.12. The minimum Gasteiger partial charge on any atom is -0.481 e. The van der Waals surface area contributed by atoms with Crippen molar-refractivity contribution in [2.75, 3.05) is 11.5 Å².